The third-order valence-corrected chi connectivity index (χ3v) is 5.32. The lowest BCUT2D eigenvalue weighted by Crippen LogP contribution is -3.14. The van der Waals surface area contributed by atoms with Gasteiger partial charge < -0.3 is 15.5 Å². The van der Waals surface area contributed by atoms with E-state index in [2.05, 4.69) is 10.6 Å². The maximum atomic E-state index is 12.2. The van der Waals surface area contributed by atoms with Crippen LogP contribution < -0.4 is 15.5 Å². The van der Waals surface area contributed by atoms with E-state index in [1.165, 1.54) is 0 Å². The Balaban J connectivity index is 1.75. The van der Waals surface area contributed by atoms with Crippen LogP contribution in [0.2, 0.25) is 10.0 Å². The maximum absolute atomic E-state index is 12.2. The zero-order chi connectivity index (χ0) is 18.9. The van der Waals surface area contributed by atoms with E-state index in [0.29, 0.717) is 29.7 Å². The van der Waals surface area contributed by atoms with Gasteiger partial charge >= 0.3 is 0 Å². The van der Waals surface area contributed by atoms with Gasteiger partial charge in [-0.3, -0.25) is 9.59 Å². The lowest BCUT2D eigenvalue weighted by molar-refractivity contribution is -0.881. The fourth-order valence-corrected chi connectivity index (χ4v) is 3.47. The molecule has 26 heavy (non-hydrogen) atoms. The molecule has 1 unspecified atom stereocenters. The number of halogens is 2. The minimum Gasteiger partial charge on any atom is -0.347 e. The van der Waals surface area contributed by atoms with Crippen molar-refractivity contribution in [1.29, 1.82) is 0 Å². The van der Waals surface area contributed by atoms with Gasteiger partial charge in [0.2, 0.25) is 0 Å². The number of rotatable bonds is 9. The van der Waals surface area contributed by atoms with E-state index in [4.69, 9.17) is 23.2 Å². The molecule has 0 aliphatic rings. The van der Waals surface area contributed by atoms with Gasteiger partial charge in [0.1, 0.15) is 0 Å². The minimum absolute atomic E-state index is 0.0659. The van der Waals surface area contributed by atoms with Crippen LogP contribution in [0.25, 0.3) is 0 Å². The number of thiophene rings is 1. The van der Waals surface area contributed by atoms with Crippen LogP contribution in [0, 0.1) is 0 Å². The molecular weight excluding hydrogens is 393 g/mol. The Morgan fingerprint density at radius 2 is 1.77 bits per heavy atom. The smallest absolute Gasteiger partial charge is 0.275 e. The molecule has 0 saturated carbocycles. The largest absolute Gasteiger partial charge is 0.347 e. The molecule has 0 aliphatic carbocycles. The van der Waals surface area contributed by atoms with Gasteiger partial charge in [0.15, 0.2) is 13.1 Å². The van der Waals surface area contributed by atoms with Crippen LogP contribution in [0.1, 0.15) is 17.4 Å². The molecule has 0 saturated heterocycles. The molecule has 1 heterocycles. The predicted octanol–water partition coefficient (Wildman–Crippen LogP) is 1.89. The zero-order valence-corrected chi connectivity index (χ0v) is 16.8. The summed E-state index contributed by atoms with van der Waals surface area (Å²) in [5.74, 6) is -0.192. The normalized spacial score (nSPS) is 11.8. The average molecular weight is 415 g/mol. The lowest BCUT2D eigenvalue weighted by Gasteiger charge is -2.17. The van der Waals surface area contributed by atoms with Gasteiger partial charge in [-0.1, -0.05) is 35.3 Å². The second kappa shape index (κ2) is 10.5. The summed E-state index contributed by atoms with van der Waals surface area (Å²) in [7, 11) is 0. The number of hydrogen-bond acceptors (Lipinski definition) is 3. The van der Waals surface area contributed by atoms with E-state index < -0.39 is 0 Å². The van der Waals surface area contributed by atoms with Crippen molar-refractivity contribution < 1.29 is 14.5 Å². The Morgan fingerprint density at radius 1 is 1.08 bits per heavy atom. The first-order chi connectivity index (χ1) is 12.5. The third-order valence-electron chi connectivity index (χ3n) is 3.85. The Labute approximate surface area is 167 Å². The Morgan fingerprint density at radius 3 is 2.35 bits per heavy atom. The van der Waals surface area contributed by atoms with Gasteiger partial charge in [-0.15, -0.1) is 11.3 Å². The molecule has 1 atom stereocenters. The third kappa shape index (κ3) is 6.96. The van der Waals surface area contributed by atoms with Gasteiger partial charge in [-0.05, 0) is 36.1 Å². The van der Waals surface area contributed by atoms with Gasteiger partial charge in [-0.25, -0.2) is 0 Å². The topological polar surface area (TPSA) is 62.6 Å². The van der Waals surface area contributed by atoms with Crippen molar-refractivity contribution in [2.45, 2.75) is 20.0 Å². The van der Waals surface area contributed by atoms with E-state index in [0.717, 1.165) is 15.3 Å². The molecule has 3 N–H and O–H groups in total. The molecule has 140 valence electrons. The Hall–Kier alpha value is -1.60. The second-order valence-corrected chi connectivity index (χ2v) is 7.70. The molecule has 0 radical (unpaired) electrons. The van der Waals surface area contributed by atoms with Crippen LogP contribution in [-0.4, -0.2) is 31.4 Å². The van der Waals surface area contributed by atoms with E-state index in [1.54, 1.807) is 29.5 Å². The van der Waals surface area contributed by atoms with Crippen molar-refractivity contribution in [2.24, 2.45) is 0 Å². The molecule has 2 aromatic rings. The predicted molar refractivity (Wildman–Crippen MR) is 106 cm³/mol. The second-order valence-electron chi connectivity index (χ2n) is 5.83. The van der Waals surface area contributed by atoms with Gasteiger partial charge in [0.05, 0.1) is 13.1 Å². The number of amides is 2. The fraction of sp³-hybridized carbons (Fsp3) is 0.333. The SMILES string of the molecule is CC[NH+](CC(=O)NCc1cccs1)CC(=O)NCc1ccc(Cl)cc1Cl. The number of carbonyl (C=O) groups is 2. The monoisotopic (exact) mass is 414 g/mol. The van der Waals surface area contributed by atoms with Crippen LogP contribution >= 0.6 is 34.5 Å². The molecule has 5 nitrogen and oxygen atoms in total. The number of likely N-dealkylation sites (N-methyl/N-ethyl adjacent to an activating group) is 1. The Kier molecular flexibility index (Phi) is 8.38. The zero-order valence-electron chi connectivity index (χ0n) is 14.5. The number of benzene rings is 1. The number of quaternary nitrogens is 1. The summed E-state index contributed by atoms with van der Waals surface area (Å²) in [6.07, 6.45) is 0. The fourth-order valence-electron chi connectivity index (χ4n) is 2.35. The summed E-state index contributed by atoms with van der Waals surface area (Å²) < 4.78 is 0. The first kappa shape index (κ1) is 20.7. The van der Waals surface area contributed by atoms with Crippen molar-refractivity contribution in [3.8, 4) is 0 Å². The van der Waals surface area contributed by atoms with Gasteiger partial charge in [0, 0.05) is 21.5 Å². The summed E-state index contributed by atoms with van der Waals surface area (Å²) in [4.78, 5) is 26.2. The molecule has 1 aromatic heterocycles. The highest BCUT2D eigenvalue weighted by molar-refractivity contribution is 7.09. The van der Waals surface area contributed by atoms with Crippen molar-refractivity contribution in [3.05, 3.63) is 56.2 Å². The van der Waals surface area contributed by atoms with E-state index >= 15 is 0 Å². The highest BCUT2D eigenvalue weighted by Gasteiger charge is 2.16. The minimum atomic E-state index is -0.126. The first-order valence-electron chi connectivity index (χ1n) is 8.31. The van der Waals surface area contributed by atoms with Crippen molar-refractivity contribution >= 4 is 46.4 Å². The van der Waals surface area contributed by atoms with Crippen LogP contribution in [-0.2, 0) is 22.7 Å². The van der Waals surface area contributed by atoms with Crippen LogP contribution in [0.4, 0.5) is 0 Å². The Bertz CT molecular complexity index is 738. The molecule has 1 aromatic carbocycles. The molecule has 2 amide bonds. The van der Waals surface area contributed by atoms with E-state index in [1.807, 2.05) is 24.4 Å². The van der Waals surface area contributed by atoms with Crippen molar-refractivity contribution in [1.82, 2.24) is 10.6 Å². The standard InChI is InChI=1S/C18H21Cl2N3O2S/c1-2-23(12-18(25)22-10-15-4-3-7-26-15)11-17(24)21-9-13-5-6-14(19)8-16(13)20/h3-8H,2,9-12H2,1H3,(H,21,24)(H,22,25)/p+1. The highest BCUT2D eigenvalue weighted by Crippen LogP contribution is 2.20. The quantitative estimate of drug-likeness (QED) is 0.586. The van der Waals surface area contributed by atoms with Crippen molar-refractivity contribution in [2.75, 3.05) is 19.6 Å². The summed E-state index contributed by atoms with van der Waals surface area (Å²) in [5, 5.41) is 8.77. The molecule has 0 spiro atoms. The molecular formula is C18H22Cl2N3O2S+. The number of nitrogens with one attached hydrogen (secondary N) is 3. The molecule has 0 aliphatic heterocycles. The van der Waals surface area contributed by atoms with Gasteiger partial charge in [0.25, 0.3) is 11.8 Å². The molecule has 0 bridgehead atoms. The summed E-state index contributed by atoms with van der Waals surface area (Å²) >= 11 is 13.6. The summed E-state index contributed by atoms with van der Waals surface area (Å²) in [6, 6.07) is 9.09. The summed E-state index contributed by atoms with van der Waals surface area (Å²) in [5.41, 5.74) is 0.802. The van der Waals surface area contributed by atoms with E-state index in [9.17, 15) is 9.59 Å². The van der Waals surface area contributed by atoms with Crippen LogP contribution in [0.5, 0.6) is 0 Å². The average Bonchev–Trinajstić information content (AvgIpc) is 3.12. The van der Waals surface area contributed by atoms with E-state index in [-0.39, 0.29) is 24.9 Å². The maximum Gasteiger partial charge on any atom is 0.275 e. The lowest BCUT2D eigenvalue weighted by atomic mass is 10.2. The highest BCUT2D eigenvalue weighted by atomic mass is 35.5. The summed E-state index contributed by atoms with van der Waals surface area (Å²) in [6.45, 7) is 3.98. The van der Waals surface area contributed by atoms with Crippen LogP contribution in [0.15, 0.2) is 35.7 Å². The number of hydrogen-bond donors (Lipinski definition) is 3. The van der Waals surface area contributed by atoms with Crippen molar-refractivity contribution in [3.63, 3.8) is 0 Å². The molecule has 8 heteroatoms. The first-order valence-corrected chi connectivity index (χ1v) is 9.94. The van der Waals surface area contributed by atoms with Gasteiger partial charge in [-0.2, -0.15) is 0 Å². The molecule has 2 rings (SSSR count). The van der Waals surface area contributed by atoms with Crippen LogP contribution in [0.3, 0.4) is 0 Å². The number of carbonyl (C=O) groups excluding carboxylic acids is 2. The molecule has 0 fully saturated rings.